The highest BCUT2D eigenvalue weighted by atomic mass is 16.6. The van der Waals surface area contributed by atoms with Gasteiger partial charge in [0.1, 0.15) is 13.2 Å². The zero-order valence-corrected chi connectivity index (χ0v) is 55.5. The van der Waals surface area contributed by atoms with Crippen molar-refractivity contribution in [1.29, 1.82) is 0 Å². The Kier molecular flexibility index (Phi) is 68.6. The van der Waals surface area contributed by atoms with Crippen molar-refractivity contribution >= 4 is 17.9 Å². The minimum absolute atomic E-state index is 0.0743. The van der Waals surface area contributed by atoms with Crippen LogP contribution >= 0.6 is 0 Å². The van der Waals surface area contributed by atoms with Crippen LogP contribution < -0.4 is 0 Å². The summed E-state index contributed by atoms with van der Waals surface area (Å²) in [6, 6.07) is 0. The topological polar surface area (TPSA) is 78.9 Å². The molecule has 0 aliphatic carbocycles. The maximum absolute atomic E-state index is 12.9. The lowest BCUT2D eigenvalue weighted by Crippen LogP contribution is -2.30. The van der Waals surface area contributed by atoms with Gasteiger partial charge in [-0.25, -0.2) is 0 Å². The van der Waals surface area contributed by atoms with Crippen LogP contribution in [0.3, 0.4) is 0 Å². The molecule has 0 aliphatic rings. The number of carbonyl (C=O) groups excluding carboxylic acids is 3. The Morgan fingerprint density at radius 2 is 0.470 bits per heavy atom. The zero-order chi connectivity index (χ0) is 59.9. The molecular formula is C77H138O6. The average molecular weight is 1160 g/mol. The lowest BCUT2D eigenvalue weighted by atomic mass is 10.0. The van der Waals surface area contributed by atoms with Gasteiger partial charge in [0, 0.05) is 19.3 Å². The predicted octanol–water partition coefficient (Wildman–Crippen LogP) is 25.2. The Bertz CT molecular complexity index is 1520. The Morgan fingerprint density at radius 1 is 0.253 bits per heavy atom. The second-order valence-corrected chi connectivity index (χ2v) is 24.5. The first-order chi connectivity index (χ1) is 41.0. The minimum atomic E-state index is -0.779. The van der Waals surface area contributed by atoms with Gasteiger partial charge in [-0.3, -0.25) is 14.4 Å². The summed E-state index contributed by atoms with van der Waals surface area (Å²) in [5.74, 6) is -0.866. The molecular weight excluding hydrogens is 1020 g/mol. The summed E-state index contributed by atoms with van der Waals surface area (Å²) in [6.07, 6.45) is 93.8. The van der Waals surface area contributed by atoms with Crippen molar-refractivity contribution in [2.75, 3.05) is 13.2 Å². The number of rotatable bonds is 67. The van der Waals surface area contributed by atoms with Gasteiger partial charge in [-0.05, 0) is 109 Å². The van der Waals surface area contributed by atoms with Gasteiger partial charge >= 0.3 is 17.9 Å². The number of unbranched alkanes of at least 4 members (excludes halogenated alkanes) is 44. The van der Waals surface area contributed by atoms with Gasteiger partial charge in [0.25, 0.3) is 0 Å². The molecule has 1 unspecified atom stereocenters. The van der Waals surface area contributed by atoms with E-state index in [9.17, 15) is 14.4 Å². The first-order valence-electron chi connectivity index (χ1n) is 36.4. The van der Waals surface area contributed by atoms with Gasteiger partial charge < -0.3 is 14.2 Å². The Hall–Kier alpha value is -3.15. The van der Waals surface area contributed by atoms with Crippen molar-refractivity contribution in [2.45, 2.75) is 386 Å². The molecule has 0 N–H and O–H groups in total. The molecule has 0 saturated heterocycles. The van der Waals surface area contributed by atoms with E-state index >= 15 is 0 Å². The SMILES string of the molecule is CC/C=C\C/C=C\C/C=C\C/C=C\CCCCCCCCCCCCCCCCCCCCCCCCC(=O)OCC(COC(=O)CCCCCCC/C=C\CCCCC)OC(=O)CCCCCCCCC/C=C\CCCCCCCCC. The smallest absolute Gasteiger partial charge is 0.306 e. The highest BCUT2D eigenvalue weighted by molar-refractivity contribution is 5.71. The van der Waals surface area contributed by atoms with E-state index in [0.717, 1.165) is 89.9 Å². The Morgan fingerprint density at radius 3 is 0.771 bits per heavy atom. The highest BCUT2D eigenvalue weighted by Gasteiger charge is 2.19. The van der Waals surface area contributed by atoms with Crippen molar-refractivity contribution in [3.05, 3.63) is 72.9 Å². The summed E-state index contributed by atoms with van der Waals surface area (Å²) < 4.78 is 17.0. The molecule has 0 bridgehead atoms. The quantitative estimate of drug-likeness (QED) is 0.0261. The fraction of sp³-hybridized carbons (Fsp3) is 0.805. The Balaban J connectivity index is 4.09. The largest absolute Gasteiger partial charge is 0.462 e. The molecule has 0 heterocycles. The third-order valence-corrected chi connectivity index (χ3v) is 16.2. The van der Waals surface area contributed by atoms with Crippen LogP contribution in [0.5, 0.6) is 0 Å². The molecule has 0 aromatic rings. The van der Waals surface area contributed by atoms with Crippen LogP contribution in [0.2, 0.25) is 0 Å². The van der Waals surface area contributed by atoms with E-state index in [1.54, 1.807) is 0 Å². The maximum Gasteiger partial charge on any atom is 0.306 e. The molecule has 0 spiro atoms. The molecule has 83 heavy (non-hydrogen) atoms. The second-order valence-electron chi connectivity index (χ2n) is 24.5. The van der Waals surface area contributed by atoms with E-state index < -0.39 is 6.10 Å². The van der Waals surface area contributed by atoms with Crippen LogP contribution in [0.4, 0.5) is 0 Å². The van der Waals surface area contributed by atoms with Gasteiger partial charge in [0.2, 0.25) is 0 Å². The van der Waals surface area contributed by atoms with Gasteiger partial charge in [-0.1, -0.05) is 325 Å². The molecule has 0 amide bonds. The lowest BCUT2D eigenvalue weighted by molar-refractivity contribution is -0.167. The monoisotopic (exact) mass is 1160 g/mol. The van der Waals surface area contributed by atoms with Crippen LogP contribution in [-0.2, 0) is 28.6 Å². The second kappa shape index (κ2) is 71.3. The summed E-state index contributed by atoms with van der Waals surface area (Å²) in [6.45, 7) is 6.54. The van der Waals surface area contributed by atoms with Crippen LogP contribution in [0, 0.1) is 0 Å². The van der Waals surface area contributed by atoms with Crippen LogP contribution in [-0.4, -0.2) is 37.2 Å². The zero-order valence-electron chi connectivity index (χ0n) is 55.5. The van der Waals surface area contributed by atoms with E-state index in [0.29, 0.717) is 19.3 Å². The molecule has 0 aromatic carbocycles. The molecule has 1 atom stereocenters. The molecule has 482 valence electrons. The fourth-order valence-electron chi connectivity index (χ4n) is 10.7. The first-order valence-corrected chi connectivity index (χ1v) is 36.4. The molecule has 0 saturated carbocycles. The maximum atomic E-state index is 12.9. The summed E-state index contributed by atoms with van der Waals surface area (Å²) in [4.78, 5) is 38.4. The number of carbonyl (C=O) groups is 3. The third kappa shape index (κ3) is 69.5. The minimum Gasteiger partial charge on any atom is -0.462 e. The molecule has 6 nitrogen and oxygen atoms in total. The summed E-state index contributed by atoms with van der Waals surface area (Å²) in [5, 5.41) is 0. The summed E-state index contributed by atoms with van der Waals surface area (Å²) in [5.41, 5.74) is 0. The van der Waals surface area contributed by atoms with E-state index in [2.05, 4.69) is 93.7 Å². The van der Waals surface area contributed by atoms with Gasteiger partial charge in [-0.2, -0.15) is 0 Å². The molecule has 0 radical (unpaired) electrons. The van der Waals surface area contributed by atoms with Crippen molar-refractivity contribution in [1.82, 2.24) is 0 Å². The van der Waals surface area contributed by atoms with Crippen molar-refractivity contribution in [3.63, 3.8) is 0 Å². The van der Waals surface area contributed by atoms with Gasteiger partial charge in [0.05, 0.1) is 0 Å². The molecule has 6 heteroatoms. The number of hydrogen-bond acceptors (Lipinski definition) is 6. The van der Waals surface area contributed by atoms with E-state index in [1.165, 1.54) is 250 Å². The summed E-state index contributed by atoms with van der Waals surface area (Å²) >= 11 is 0. The van der Waals surface area contributed by atoms with Gasteiger partial charge in [0.15, 0.2) is 6.10 Å². The normalized spacial score (nSPS) is 12.5. The first kappa shape index (κ1) is 79.8. The highest BCUT2D eigenvalue weighted by Crippen LogP contribution is 2.18. The number of hydrogen-bond donors (Lipinski definition) is 0. The predicted molar refractivity (Wildman–Crippen MR) is 362 cm³/mol. The van der Waals surface area contributed by atoms with Crippen LogP contribution in [0.25, 0.3) is 0 Å². The fourth-order valence-corrected chi connectivity index (χ4v) is 10.7. The number of allylic oxidation sites excluding steroid dienone is 12. The lowest BCUT2D eigenvalue weighted by Gasteiger charge is -2.18. The number of ether oxygens (including phenoxy) is 3. The van der Waals surface area contributed by atoms with Gasteiger partial charge in [-0.15, -0.1) is 0 Å². The van der Waals surface area contributed by atoms with Crippen LogP contribution in [0.1, 0.15) is 380 Å². The molecule has 0 aromatic heterocycles. The molecule has 0 aliphatic heterocycles. The summed E-state index contributed by atoms with van der Waals surface area (Å²) in [7, 11) is 0. The van der Waals surface area contributed by atoms with Crippen molar-refractivity contribution in [2.24, 2.45) is 0 Å². The molecule has 0 rings (SSSR count). The number of esters is 3. The van der Waals surface area contributed by atoms with E-state index in [-0.39, 0.29) is 31.1 Å². The van der Waals surface area contributed by atoms with E-state index in [1.807, 2.05) is 0 Å². The average Bonchev–Trinajstić information content (AvgIpc) is 3.49. The van der Waals surface area contributed by atoms with E-state index in [4.69, 9.17) is 14.2 Å². The van der Waals surface area contributed by atoms with Crippen molar-refractivity contribution in [3.8, 4) is 0 Å². The Labute approximate surface area is 516 Å². The van der Waals surface area contributed by atoms with Crippen LogP contribution in [0.15, 0.2) is 72.9 Å². The molecule has 0 fully saturated rings. The third-order valence-electron chi connectivity index (χ3n) is 16.2. The standard InChI is InChI=1S/C77H138O6/c1-4-7-10-13-16-19-22-25-27-29-31-32-33-34-35-36-37-38-39-40-41-42-43-44-45-46-47-49-50-52-55-58-61-64-67-70-76(79)82-73-74(72-81-75(78)69-66-63-60-57-54-24-21-18-15-12-9-6-3)83-77(80)71-68-65-62-59-56-53-51-48-30-28-26-23-20-17-14-11-8-5-2/h7,10,16,18-19,21,25,27-28,30-32,74H,4-6,8-9,11-15,17,20,22-24,26,29,33-73H2,1-3H3/b10-7-,19-16-,21-18-,27-25-,30-28-,32-31-. The van der Waals surface area contributed by atoms with Crippen molar-refractivity contribution < 1.29 is 28.6 Å².